The van der Waals surface area contributed by atoms with Gasteiger partial charge in [-0.1, -0.05) is 42.9 Å². The molecule has 18 heteroatoms. The predicted molar refractivity (Wildman–Crippen MR) is 213 cm³/mol. The molecule has 3 fully saturated rings. The van der Waals surface area contributed by atoms with E-state index in [2.05, 4.69) is 37.2 Å². The minimum atomic E-state index is -1.17. The highest BCUT2D eigenvalue weighted by Gasteiger charge is 2.29. The predicted octanol–water partition coefficient (Wildman–Crippen LogP) is 6.24. The molecule has 2 N–H and O–H groups in total. The molecule has 5 heterocycles. The number of unbranched alkanes of at least 4 members (excludes halogenated alkanes) is 2. The Morgan fingerprint density at radius 3 is 1.88 bits per heavy atom. The third-order valence-corrected chi connectivity index (χ3v) is 10.2. The molecule has 1 amide bonds. The molecule has 312 valence electrons. The van der Waals surface area contributed by atoms with Crippen molar-refractivity contribution in [2.24, 2.45) is 16.2 Å². The van der Waals surface area contributed by atoms with Crippen LogP contribution in [0.3, 0.4) is 0 Å². The normalized spacial score (nSPS) is 18.2. The van der Waals surface area contributed by atoms with E-state index in [1.807, 2.05) is 0 Å². The lowest BCUT2D eigenvalue weighted by Gasteiger charge is -2.27. The van der Waals surface area contributed by atoms with Crippen molar-refractivity contribution in [2.75, 3.05) is 13.1 Å². The summed E-state index contributed by atoms with van der Waals surface area (Å²) in [6, 6.07) is 2.41. The molecule has 0 unspecified atom stereocenters. The van der Waals surface area contributed by atoms with Crippen LogP contribution in [0.25, 0.3) is 22.2 Å². The third kappa shape index (κ3) is 11.5. The van der Waals surface area contributed by atoms with Gasteiger partial charge in [0, 0.05) is 38.1 Å². The Balaban J connectivity index is 0.000000198. The molecule has 4 aromatic rings. The lowest BCUT2D eigenvalue weighted by molar-refractivity contribution is 0.0764. The van der Waals surface area contributed by atoms with E-state index in [9.17, 15) is 28.4 Å². The lowest BCUT2D eigenvalue weighted by Crippen LogP contribution is -2.40. The first-order valence-electron chi connectivity index (χ1n) is 20.0. The number of amides is 1. The first-order valence-corrected chi connectivity index (χ1v) is 20.0. The molecule has 2 saturated carbocycles. The van der Waals surface area contributed by atoms with Crippen LogP contribution in [0.2, 0.25) is 0 Å². The molecule has 0 spiro atoms. The second kappa shape index (κ2) is 18.7. The average Bonchev–Trinajstić information content (AvgIpc) is 4.00. The van der Waals surface area contributed by atoms with Crippen molar-refractivity contribution in [3.63, 3.8) is 0 Å². The number of likely N-dealkylation sites (tertiary alicyclic amines) is 1. The van der Waals surface area contributed by atoms with Crippen molar-refractivity contribution < 1.29 is 32.4 Å². The SMILES string of the molecule is CC(C)OC(=O)N1CCC(=NOc2nc3oc(=O)cc(CCC4CC4)c3c(=O)[nH]2)CC1.CCCCCc1cc(=O)oc2nc(ON=C3CCC(C)(F)CC3)[nH]c(=O)c12. The average molecular weight is 808 g/mol. The molecule has 17 nitrogen and oxygen atoms in total. The molecular weight excluding hydrogens is 757 g/mol. The van der Waals surface area contributed by atoms with Gasteiger partial charge in [-0.15, -0.1) is 0 Å². The summed E-state index contributed by atoms with van der Waals surface area (Å²) in [6.07, 6.45) is 9.74. The summed E-state index contributed by atoms with van der Waals surface area (Å²) in [4.78, 5) is 86.2. The number of oxime groups is 2. The first-order chi connectivity index (χ1) is 27.8. The van der Waals surface area contributed by atoms with Crippen molar-refractivity contribution in [1.29, 1.82) is 0 Å². The van der Waals surface area contributed by atoms with Gasteiger partial charge in [-0.05, 0) is 89.2 Å². The number of carbonyl (C=O) groups is 1. The number of hydrogen-bond acceptors (Lipinski definition) is 14. The Morgan fingerprint density at radius 1 is 0.862 bits per heavy atom. The summed E-state index contributed by atoms with van der Waals surface area (Å²) in [5.41, 5.74) is -0.553. The Bertz CT molecular complexity index is 2390. The van der Waals surface area contributed by atoms with Crippen LogP contribution < -0.4 is 32.0 Å². The Morgan fingerprint density at radius 2 is 1.38 bits per heavy atom. The number of alkyl halides is 1. The van der Waals surface area contributed by atoms with Crippen molar-refractivity contribution in [3.05, 3.63) is 64.8 Å². The minimum Gasteiger partial charge on any atom is -0.447 e. The smallest absolute Gasteiger partial charge is 0.410 e. The van der Waals surface area contributed by atoms with E-state index >= 15 is 0 Å². The number of nitrogens with one attached hydrogen (secondary N) is 2. The van der Waals surface area contributed by atoms with E-state index in [4.69, 9.17) is 23.2 Å². The Hall–Kier alpha value is -5.68. The van der Waals surface area contributed by atoms with Crippen LogP contribution in [-0.2, 0) is 17.6 Å². The van der Waals surface area contributed by atoms with Crippen molar-refractivity contribution in [2.45, 2.75) is 129 Å². The van der Waals surface area contributed by atoms with Gasteiger partial charge in [0.15, 0.2) is 0 Å². The summed E-state index contributed by atoms with van der Waals surface area (Å²) < 4.78 is 29.2. The number of aromatic nitrogens is 4. The van der Waals surface area contributed by atoms with E-state index in [-0.39, 0.29) is 46.4 Å². The highest BCUT2D eigenvalue weighted by molar-refractivity contribution is 5.86. The lowest BCUT2D eigenvalue weighted by atomic mass is 9.87. The van der Waals surface area contributed by atoms with Gasteiger partial charge >= 0.3 is 29.4 Å². The number of piperidine rings is 1. The van der Waals surface area contributed by atoms with Gasteiger partial charge in [0.05, 0.1) is 17.5 Å². The quantitative estimate of drug-likeness (QED) is 0.120. The monoisotopic (exact) mass is 807 g/mol. The molecular formula is C40H50FN7O10. The third-order valence-electron chi connectivity index (χ3n) is 10.2. The zero-order valence-electron chi connectivity index (χ0n) is 33.3. The summed E-state index contributed by atoms with van der Waals surface area (Å²) in [6.45, 7) is 8.20. The Kier molecular flexibility index (Phi) is 13.5. The number of H-pyrrole nitrogens is 2. The number of aromatic amines is 2. The maximum atomic E-state index is 13.8. The number of rotatable bonds is 12. The van der Waals surface area contributed by atoms with E-state index in [1.165, 1.54) is 25.0 Å². The van der Waals surface area contributed by atoms with Gasteiger partial charge in [0.2, 0.25) is 11.4 Å². The van der Waals surface area contributed by atoms with E-state index in [0.29, 0.717) is 87.2 Å². The molecule has 1 saturated heterocycles. The molecule has 2 aliphatic carbocycles. The van der Waals surface area contributed by atoms with Crippen LogP contribution in [0.1, 0.15) is 116 Å². The van der Waals surface area contributed by atoms with Crippen LogP contribution >= 0.6 is 0 Å². The van der Waals surface area contributed by atoms with Gasteiger partial charge in [0.25, 0.3) is 11.1 Å². The van der Waals surface area contributed by atoms with Crippen molar-refractivity contribution >= 4 is 39.7 Å². The standard InChI is InChI=1S/C21H26N4O6.C19H24FN3O4/c1-12(2)29-21(28)25-9-7-15(8-10-25)24-31-20-22-18(27)17-14(6-5-13-3-4-13)11-16(26)30-19(17)23-20;1-3-4-5-6-12-11-14(24)26-17-15(12)16(25)21-18(22-17)27-23-13-7-9-19(2,20)10-8-13/h11-13H,3-10H2,1-2H3,(H,22,23,27);11H,3-10H2,1-2H3,(H,21,22,25). The van der Waals surface area contributed by atoms with Crippen molar-refractivity contribution in [3.8, 4) is 12.0 Å². The maximum absolute atomic E-state index is 13.8. The van der Waals surface area contributed by atoms with Gasteiger partial charge < -0.3 is 28.1 Å². The molecule has 4 aromatic heterocycles. The van der Waals surface area contributed by atoms with Crippen molar-refractivity contribution in [1.82, 2.24) is 24.8 Å². The molecule has 58 heavy (non-hydrogen) atoms. The number of hydrogen-bond donors (Lipinski definition) is 2. The summed E-state index contributed by atoms with van der Waals surface area (Å²) in [5, 5.41) is 8.56. The highest BCUT2D eigenvalue weighted by Crippen LogP contribution is 2.34. The molecule has 0 atom stereocenters. The molecule has 0 aromatic carbocycles. The number of ether oxygens (including phenoxy) is 1. The second-order valence-corrected chi connectivity index (χ2v) is 15.6. The van der Waals surface area contributed by atoms with Crippen LogP contribution in [0, 0.1) is 5.92 Å². The zero-order valence-corrected chi connectivity index (χ0v) is 33.3. The van der Waals surface area contributed by atoms with Crippen LogP contribution in [0.4, 0.5) is 9.18 Å². The molecule has 7 rings (SSSR count). The second-order valence-electron chi connectivity index (χ2n) is 15.6. The number of carbonyl (C=O) groups excluding carboxylic acids is 1. The summed E-state index contributed by atoms with van der Waals surface area (Å²) >= 11 is 0. The van der Waals surface area contributed by atoms with Gasteiger partial charge in [-0.25, -0.2) is 18.8 Å². The van der Waals surface area contributed by atoms with E-state index in [0.717, 1.165) is 31.4 Å². The van der Waals surface area contributed by atoms with E-state index < -0.39 is 28.0 Å². The van der Waals surface area contributed by atoms with E-state index in [1.54, 1.807) is 25.7 Å². The summed E-state index contributed by atoms with van der Waals surface area (Å²) in [5.74, 6) is 0.673. The number of nitrogens with zero attached hydrogens (tertiary/aromatic N) is 5. The molecule has 0 radical (unpaired) electrons. The Labute approximate surface area is 332 Å². The topological polar surface area (TPSA) is 225 Å². The van der Waals surface area contributed by atoms with Gasteiger partial charge in [-0.2, -0.15) is 9.97 Å². The highest BCUT2D eigenvalue weighted by atomic mass is 19.1. The zero-order chi connectivity index (χ0) is 41.4. The first kappa shape index (κ1) is 41.9. The molecule has 3 aliphatic rings. The maximum Gasteiger partial charge on any atom is 0.410 e. The fourth-order valence-corrected chi connectivity index (χ4v) is 6.75. The number of aryl methyl sites for hydroxylation is 2. The molecule has 1 aliphatic heterocycles. The van der Waals surface area contributed by atoms with Crippen LogP contribution in [0.15, 0.2) is 50.5 Å². The number of fused-ring (bicyclic) bond motifs is 2. The van der Waals surface area contributed by atoms with Crippen LogP contribution in [0.5, 0.6) is 12.0 Å². The number of halogens is 1. The minimum absolute atomic E-state index is 0.0523. The molecule has 0 bridgehead atoms. The van der Waals surface area contributed by atoms with Crippen LogP contribution in [-0.4, -0.2) is 67.2 Å². The fourth-order valence-electron chi connectivity index (χ4n) is 6.75. The fraction of sp³-hybridized carbons (Fsp3) is 0.575. The summed E-state index contributed by atoms with van der Waals surface area (Å²) in [7, 11) is 0. The van der Waals surface area contributed by atoms with Gasteiger partial charge in [0.1, 0.15) is 16.4 Å². The van der Waals surface area contributed by atoms with Gasteiger partial charge in [-0.3, -0.25) is 19.6 Å². The largest absolute Gasteiger partial charge is 0.447 e.